The van der Waals surface area contributed by atoms with Crippen LogP contribution in [0.1, 0.15) is 33.9 Å². The number of nitrogens with one attached hydrogen (secondary N) is 2. The van der Waals surface area contributed by atoms with Crippen molar-refractivity contribution in [1.29, 1.82) is 0 Å². The van der Waals surface area contributed by atoms with Crippen molar-refractivity contribution in [2.75, 3.05) is 0 Å². The van der Waals surface area contributed by atoms with Crippen molar-refractivity contribution in [3.05, 3.63) is 62.6 Å². The second kappa shape index (κ2) is 7.91. The summed E-state index contributed by atoms with van der Waals surface area (Å²) in [5, 5.41) is 0. The van der Waals surface area contributed by atoms with Gasteiger partial charge in [0.05, 0.1) is 0 Å². The minimum atomic E-state index is -4.71. The number of aromatic amines is 2. The molecular weight excluding hydrogens is 580 g/mol. The number of nitrogens with zero attached hydrogens (tertiary/aromatic N) is 2. The van der Waals surface area contributed by atoms with Gasteiger partial charge in [-0.25, -0.2) is 0 Å². The topological polar surface area (TPSA) is 57.4 Å². The Hall–Kier alpha value is -2.72. The van der Waals surface area contributed by atoms with Crippen LogP contribution in [0.15, 0.2) is 28.7 Å². The van der Waals surface area contributed by atoms with E-state index in [1.165, 1.54) is 48.6 Å². The molecule has 3 aromatic heterocycles. The van der Waals surface area contributed by atoms with Gasteiger partial charge in [-0.1, -0.05) is 0 Å². The average molecular weight is 590 g/mol. The Morgan fingerprint density at radius 1 is 0.735 bits per heavy atom. The molecule has 0 aliphatic carbocycles. The van der Waals surface area contributed by atoms with E-state index in [0.717, 1.165) is 0 Å². The number of fused-ring (bicyclic) bond motifs is 8. The fourth-order valence-electron chi connectivity index (χ4n) is 3.85. The number of H-pyrrole nitrogens is 2. The van der Waals surface area contributed by atoms with Gasteiger partial charge in [-0.3, -0.25) is 0 Å². The molecule has 0 saturated heterocycles. The average Bonchev–Trinajstić information content (AvgIpc) is 3.49. The van der Waals surface area contributed by atoms with Crippen molar-refractivity contribution in [3.63, 3.8) is 0 Å². The molecule has 0 spiro atoms. The zero-order valence-corrected chi connectivity index (χ0v) is 21.4. The fraction of sp³-hybridized carbons (Fsp3) is 0.0909. The van der Waals surface area contributed by atoms with Crippen LogP contribution in [-0.2, 0) is 30.7 Å². The van der Waals surface area contributed by atoms with Crippen LogP contribution in [0.3, 0.4) is 0 Å². The standard InChI is InChI=1S/C22H10BrF6N4.Zn/c23-20-16-7-5-14(32-16)18(21(24,25)26)12-3-1-10(30-12)9-11-2-4-13(31-11)19(22(27,28)29)15-6-8-17(20)33-15;/h1-5,7-9,30,33H;. The Bertz CT molecular complexity index is 1560. The van der Waals surface area contributed by atoms with Gasteiger partial charge in [0.2, 0.25) is 0 Å². The van der Waals surface area contributed by atoms with E-state index in [9.17, 15) is 26.3 Å². The Balaban J connectivity index is 2.00. The maximum atomic E-state index is 14.1. The third-order valence-electron chi connectivity index (χ3n) is 5.27. The van der Waals surface area contributed by atoms with Crippen molar-refractivity contribution in [2.24, 2.45) is 0 Å². The molecule has 4 nitrogen and oxygen atoms in total. The molecule has 8 bridgehead atoms. The van der Waals surface area contributed by atoms with Crippen molar-refractivity contribution >= 4 is 66.5 Å². The Morgan fingerprint density at radius 3 is 2.09 bits per heavy atom. The predicted octanol–water partition coefficient (Wildman–Crippen LogP) is 6.63. The van der Waals surface area contributed by atoms with Gasteiger partial charge < -0.3 is 0 Å². The quantitative estimate of drug-likeness (QED) is 0.157. The first kappa shape index (κ1) is 23.0. The molecule has 0 radical (unpaired) electrons. The van der Waals surface area contributed by atoms with Gasteiger partial charge in [0, 0.05) is 0 Å². The second-order valence-electron chi connectivity index (χ2n) is 7.59. The number of aromatic nitrogens is 4. The first-order valence-electron chi connectivity index (χ1n) is 9.71. The maximum absolute atomic E-state index is 14.1. The summed E-state index contributed by atoms with van der Waals surface area (Å²) < 4.78 is 85.0. The van der Waals surface area contributed by atoms with Crippen LogP contribution in [-0.4, -0.2) is 19.9 Å². The monoisotopic (exact) mass is 587 g/mol. The first-order valence-corrected chi connectivity index (χ1v) is 12.0. The van der Waals surface area contributed by atoms with Gasteiger partial charge >= 0.3 is 206 Å². The van der Waals surface area contributed by atoms with E-state index in [1.807, 2.05) is 0 Å². The molecule has 2 N–H and O–H groups in total. The van der Waals surface area contributed by atoms with Crippen LogP contribution < -0.4 is 4.16 Å². The number of rotatable bonds is 0. The summed E-state index contributed by atoms with van der Waals surface area (Å²) in [5.74, 6) is 0. The second-order valence-corrected chi connectivity index (χ2v) is 9.98. The van der Waals surface area contributed by atoms with Gasteiger partial charge in [-0.15, -0.1) is 0 Å². The van der Waals surface area contributed by atoms with Crippen LogP contribution in [0.2, 0.25) is 0 Å². The molecule has 169 valence electrons. The molecule has 0 atom stereocenters. The number of halogens is 7. The van der Waals surface area contributed by atoms with E-state index < -0.39 is 23.5 Å². The van der Waals surface area contributed by atoms with Crippen molar-refractivity contribution < 1.29 is 44.6 Å². The molecule has 0 saturated carbocycles. The van der Waals surface area contributed by atoms with E-state index in [2.05, 4.69) is 35.9 Å². The number of hydrogen-bond donors (Lipinski definition) is 2. The zero-order chi connectivity index (χ0) is 24.4. The van der Waals surface area contributed by atoms with Gasteiger partial charge in [-0.05, 0) is 0 Å². The summed E-state index contributed by atoms with van der Waals surface area (Å²) >= 11 is 3.70. The van der Waals surface area contributed by atoms with Gasteiger partial charge in [0.15, 0.2) is 0 Å². The third kappa shape index (κ3) is 4.03. The summed E-state index contributed by atoms with van der Waals surface area (Å²) in [7, 11) is 0. The third-order valence-corrected chi connectivity index (χ3v) is 7.28. The molecule has 0 aromatic carbocycles. The molecule has 0 unspecified atom stereocenters. The minimum absolute atomic E-state index is 0.132. The van der Waals surface area contributed by atoms with E-state index in [0.29, 0.717) is 22.5 Å². The number of hydrogen-bond acceptors (Lipinski definition) is 2. The molecule has 5 rings (SSSR count). The molecule has 12 heteroatoms. The van der Waals surface area contributed by atoms with Gasteiger partial charge in [0.25, 0.3) is 0 Å². The van der Waals surface area contributed by atoms with Crippen molar-refractivity contribution in [2.45, 2.75) is 12.4 Å². The zero-order valence-electron chi connectivity index (χ0n) is 16.9. The Labute approximate surface area is 205 Å². The molecule has 2 aliphatic heterocycles. The van der Waals surface area contributed by atoms with Gasteiger partial charge in [-0.2, -0.15) is 0 Å². The molecule has 2 aliphatic rings. The molecular formula is C22H10BrF6N4Zn. The van der Waals surface area contributed by atoms with E-state index in [1.54, 1.807) is 0 Å². The summed E-state index contributed by atoms with van der Waals surface area (Å²) in [6.45, 7) is 0. The SMILES string of the molecule is FC(F)(F)c1c2nc(c(Br)c3c[c]([Zn])c([nH]3)c(C(F)(F)F)c3nc(cc4ccc1[nH]4)C=C3)C=C2. The molecule has 5 heterocycles. The van der Waals surface area contributed by atoms with Crippen LogP contribution in [0.5, 0.6) is 0 Å². The van der Waals surface area contributed by atoms with Crippen LogP contribution >= 0.6 is 15.9 Å². The normalized spacial score (nSPS) is 13.7. The van der Waals surface area contributed by atoms with Crippen molar-refractivity contribution in [1.82, 2.24) is 19.9 Å². The molecule has 0 fully saturated rings. The summed E-state index contributed by atoms with van der Waals surface area (Å²) in [6, 6.07) is 5.57. The van der Waals surface area contributed by atoms with Crippen LogP contribution in [0, 0.1) is 0 Å². The van der Waals surface area contributed by atoms with Gasteiger partial charge in [0.1, 0.15) is 0 Å². The van der Waals surface area contributed by atoms with Crippen LogP contribution in [0.25, 0.3) is 46.4 Å². The van der Waals surface area contributed by atoms with Crippen LogP contribution in [0.4, 0.5) is 26.3 Å². The van der Waals surface area contributed by atoms with E-state index in [-0.39, 0.29) is 49.3 Å². The van der Waals surface area contributed by atoms with E-state index >= 15 is 0 Å². The Morgan fingerprint density at radius 2 is 1.38 bits per heavy atom. The predicted molar refractivity (Wildman–Crippen MR) is 116 cm³/mol. The fourth-order valence-corrected chi connectivity index (χ4v) is 5.27. The van der Waals surface area contributed by atoms with E-state index in [4.69, 9.17) is 0 Å². The van der Waals surface area contributed by atoms with Crippen molar-refractivity contribution in [3.8, 4) is 0 Å². The summed E-state index contributed by atoms with van der Waals surface area (Å²) in [6.07, 6.45) is -4.17. The summed E-state index contributed by atoms with van der Waals surface area (Å²) in [4.78, 5) is 13.7. The molecule has 34 heavy (non-hydrogen) atoms. The number of alkyl halides is 6. The first-order chi connectivity index (χ1) is 15.9. The molecule has 3 aromatic rings. The Kier molecular flexibility index (Phi) is 5.36. The molecule has 0 amide bonds. The summed E-state index contributed by atoms with van der Waals surface area (Å²) in [5.41, 5.74) is -1.97.